The fourth-order valence-electron chi connectivity index (χ4n) is 7.49. The summed E-state index contributed by atoms with van der Waals surface area (Å²) < 4.78 is 307. The molecule has 0 atom stereocenters. The average Bonchev–Trinajstić information content (AvgIpc) is 1.68. The molecule has 0 fully saturated rings. The van der Waals surface area contributed by atoms with Crippen molar-refractivity contribution >= 4 is 11.0 Å². The Morgan fingerprint density at radius 1 is 0.636 bits per heavy atom. The molecule has 4 nitrogen and oxygen atoms in total. The van der Waals surface area contributed by atoms with Gasteiger partial charge in [-0.2, -0.15) is 0 Å². The van der Waals surface area contributed by atoms with Gasteiger partial charge in [0.25, 0.3) is 0 Å². The summed E-state index contributed by atoms with van der Waals surface area (Å²) in [7, 11) is 0. The second-order valence-corrected chi connectivity index (χ2v) is 17.1. The number of para-hydroxylation sites is 1. The summed E-state index contributed by atoms with van der Waals surface area (Å²) >= 11 is 0. The molecule has 1 N–H and O–H groups in total. The number of hydrogen-bond donors (Lipinski definition) is 1. The van der Waals surface area contributed by atoms with Crippen molar-refractivity contribution in [3.05, 3.63) is 167 Å². The molecular formula is C61H66N3OPt-. The van der Waals surface area contributed by atoms with Crippen molar-refractivity contribution in [2.24, 2.45) is 0 Å². The van der Waals surface area contributed by atoms with Crippen molar-refractivity contribution in [2.45, 2.75) is 124 Å². The summed E-state index contributed by atoms with van der Waals surface area (Å²) in [6, 6.07) is 17.0. The van der Waals surface area contributed by atoms with Gasteiger partial charge in [0.05, 0.1) is 26.2 Å². The van der Waals surface area contributed by atoms with Crippen LogP contribution in [0.5, 0.6) is 5.75 Å². The Bertz CT molecular complexity index is 4390. The number of phenolic OH excluding ortho intramolecular Hbond substituents is 1. The molecule has 0 saturated carbocycles. The smallest absolute Gasteiger partial charge is 0.148 e. The summed E-state index contributed by atoms with van der Waals surface area (Å²) in [6.45, 7) is -29.4. The molecule has 0 unspecified atom stereocenters. The van der Waals surface area contributed by atoms with Gasteiger partial charge >= 0.3 is 0 Å². The maximum Gasteiger partial charge on any atom is 0.148 e. The Morgan fingerprint density at radius 3 is 1.97 bits per heavy atom. The maximum atomic E-state index is 13.1. The van der Waals surface area contributed by atoms with E-state index in [2.05, 4.69) is 11.1 Å². The van der Waals surface area contributed by atoms with E-state index in [1.807, 2.05) is 0 Å². The molecule has 0 radical (unpaired) electrons. The summed E-state index contributed by atoms with van der Waals surface area (Å²) in [6.07, 6.45) is -0.973. The van der Waals surface area contributed by atoms with Gasteiger partial charge in [0.2, 0.25) is 0 Å². The van der Waals surface area contributed by atoms with E-state index >= 15 is 0 Å². The van der Waals surface area contributed by atoms with Crippen LogP contribution in [0.25, 0.3) is 72.7 Å². The van der Waals surface area contributed by atoms with Gasteiger partial charge in [0.1, 0.15) is 11.6 Å². The second-order valence-electron chi connectivity index (χ2n) is 17.1. The van der Waals surface area contributed by atoms with Gasteiger partial charge in [-0.25, -0.2) is 4.98 Å². The van der Waals surface area contributed by atoms with E-state index in [4.69, 9.17) is 47.5 Å². The van der Waals surface area contributed by atoms with Gasteiger partial charge in [-0.3, -0.25) is 9.55 Å². The van der Waals surface area contributed by atoms with Crippen LogP contribution in [0.2, 0.25) is 0 Å². The third-order valence-electron chi connectivity index (χ3n) is 10.9. The minimum atomic E-state index is -4.32. The number of rotatable bonds is 7. The Hall–Kier alpha value is -5.57. The second kappa shape index (κ2) is 17.9. The van der Waals surface area contributed by atoms with E-state index in [9.17, 15) is 10.6 Å². The van der Waals surface area contributed by atoms with Crippen LogP contribution in [0, 0.1) is 6.07 Å². The van der Waals surface area contributed by atoms with E-state index in [1.54, 1.807) is 77.1 Å². The SMILES string of the molecule is [2H]c1nc(-c2[c-]c(-c3cccc4c3nc(-c3cc(C(C([2H])([2H])[2H])(C([2H])([2H])[2H])C([2H])([2H])[2H])cc(C(C([2H])([2H])[2H])(C([2H])([2H])[2H])C([2H])([2H])[2H])c3O)n4-c3ccc(-c4ccccc4)c(C([2H])(C)C)c3)cc(C(C)(C)C)c2)c([2H])c(-c2c([2H])c([2H])c(C(C([2H])([2H])[2H])(C([2H])([2H])[2H])C([2H])([2H])[2H])c([2H])c2[2H])c1[2H].[Pt]. The number of nitrogens with zero attached hydrogens (tertiary/aromatic N) is 3. The Balaban J connectivity index is 0.0000143. The van der Waals surface area contributed by atoms with Crippen molar-refractivity contribution in [1.82, 2.24) is 14.5 Å². The normalized spacial score (nSPS) is 22.1. The maximum absolute atomic E-state index is 13.1. The number of pyridine rings is 1. The van der Waals surface area contributed by atoms with E-state index in [1.165, 1.54) is 41.0 Å². The zero-order valence-electron chi connectivity index (χ0n) is 71.3. The number of fused-ring (bicyclic) bond motifs is 1. The molecule has 2 heterocycles. The minimum Gasteiger partial charge on any atom is -0.507 e. The number of aromatic hydroxyl groups is 1. The third-order valence-corrected chi connectivity index (χ3v) is 10.9. The predicted molar refractivity (Wildman–Crippen MR) is 275 cm³/mol. The van der Waals surface area contributed by atoms with Crippen molar-refractivity contribution in [1.29, 1.82) is 0 Å². The molecule has 0 saturated heterocycles. The van der Waals surface area contributed by atoms with Crippen LogP contribution in [0.3, 0.4) is 0 Å². The monoisotopic (exact) mass is 1090 g/mol. The Morgan fingerprint density at radius 2 is 1.30 bits per heavy atom. The third kappa shape index (κ3) is 9.63. The number of phenols is 1. The van der Waals surface area contributed by atoms with Crippen LogP contribution in [0.15, 0.2) is 133 Å². The van der Waals surface area contributed by atoms with Crippen molar-refractivity contribution in [3.8, 4) is 67.5 Å². The first kappa shape index (κ1) is 20.7. The molecule has 0 aliphatic carbocycles. The van der Waals surface area contributed by atoms with Gasteiger partial charge in [-0.15, -0.1) is 29.3 Å². The molecule has 0 spiro atoms. The molecule has 8 rings (SSSR count). The van der Waals surface area contributed by atoms with Gasteiger partial charge < -0.3 is 5.11 Å². The van der Waals surface area contributed by atoms with Crippen LogP contribution in [-0.4, -0.2) is 19.6 Å². The molecule has 0 amide bonds. The molecule has 2 aromatic heterocycles. The minimum absolute atomic E-state index is 0. The summed E-state index contributed by atoms with van der Waals surface area (Å²) in [5.74, 6) is -3.78. The molecule has 8 aromatic rings. The number of hydrogen-bond acceptors (Lipinski definition) is 3. The average molecular weight is 1090 g/mol. The molecule has 0 aliphatic heterocycles. The molecule has 5 heteroatoms. The number of imidazole rings is 1. The number of benzene rings is 6. The largest absolute Gasteiger partial charge is 0.507 e. The van der Waals surface area contributed by atoms with Crippen LogP contribution in [-0.2, 0) is 42.7 Å². The van der Waals surface area contributed by atoms with Gasteiger partial charge in [-0.1, -0.05) is 192 Å². The fraction of sp³-hybridized carbons (Fsp3) is 0.311. The molecular weight excluding hydrogens is 986 g/mol. The van der Waals surface area contributed by atoms with Crippen molar-refractivity contribution in [3.63, 3.8) is 0 Å². The molecule has 0 aliphatic rings. The molecule has 342 valence electrons. The number of aromatic nitrogens is 3. The molecule has 66 heavy (non-hydrogen) atoms. The first-order valence-electron chi connectivity index (χ1n) is 37.7. The van der Waals surface area contributed by atoms with E-state index in [-0.39, 0.29) is 66.1 Å². The summed E-state index contributed by atoms with van der Waals surface area (Å²) in [5.41, 5.74) is -20.2. The molecule has 6 aromatic carbocycles. The summed E-state index contributed by atoms with van der Waals surface area (Å²) in [4.78, 5) is 9.24. The quantitative estimate of drug-likeness (QED) is 0.162. The first-order chi connectivity index (χ1) is 45.0. The molecule has 0 bridgehead atoms. The van der Waals surface area contributed by atoms with Gasteiger partial charge in [0.15, 0.2) is 0 Å². The van der Waals surface area contributed by atoms with Crippen LogP contribution in [0.4, 0.5) is 0 Å². The topological polar surface area (TPSA) is 50.9 Å². The fourth-order valence-corrected chi connectivity index (χ4v) is 7.49. The van der Waals surface area contributed by atoms with Crippen LogP contribution >= 0.6 is 0 Å². The summed E-state index contributed by atoms with van der Waals surface area (Å²) in [5, 5.41) is 13.1. The van der Waals surface area contributed by atoms with Crippen molar-refractivity contribution in [2.75, 3.05) is 0 Å². The first-order valence-corrected chi connectivity index (χ1v) is 20.2. The standard InChI is InChI=1S/C61H66N3O.Pt/c1-38(2)50-37-47(27-28-48(50)40-19-16-15-17-20-40)64-54-22-18-21-49(55(54)63-57(64)51-35-46(60(9,10)11)36-52(56(51)65)61(12,13)14)42-31-43(33-45(32-42)59(6,7)8)53-34-41(29-30-62-53)39-23-25-44(26-24-39)58(3,4)5;/h15-30,32-38,65H,1-14H3;/q-1;/i3D3,4D3,5D3,9D3,10D3,11D3,12D3,13D3,14D3,23D,24D,25D,26D,29D,30D,34D,38D;. The zero-order valence-corrected chi connectivity index (χ0v) is 38.5. The van der Waals surface area contributed by atoms with E-state index in [0.29, 0.717) is 22.8 Å². The Kier molecular flexibility index (Phi) is 5.63. The van der Waals surface area contributed by atoms with Gasteiger partial charge in [-0.05, 0) is 96.8 Å². The Labute approximate surface area is 458 Å². The van der Waals surface area contributed by atoms with Crippen LogP contribution < -0.4 is 0 Å². The van der Waals surface area contributed by atoms with E-state index < -0.39 is 182 Å². The van der Waals surface area contributed by atoms with E-state index in [0.717, 1.165) is 0 Å². The zero-order chi connectivity index (χ0) is 76.3. The van der Waals surface area contributed by atoms with Gasteiger partial charge in [0, 0.05) is 82.6 Å². The predicted octanol–water partition coefficient (Wildman–Crippen LogP) is 16.6. The van der Waals surface area contributed by atoms with Crippen molar-refractivity contribution < 1.29 is 74.1 Å². The van der Waals surface area contributed by atoms with Crippen LogP contribution in [0.1, 0.15) is 178 Å².